The summed E-state index contributed by atoms with van der Waals surface area (Å²) in [5, 5.41) is 15.8. The van der Waals surface area contributed by atoms with Crippen molar-refractivity contribution in [1.29, 1.82) is 0 Å². The molecule has 0 spiro atoms. The summed E-state index contributed by atoms with van der Waals surface area (Å²) in [6, 6.07) is 16.9. The summed E-state index contributed by atoms with van der Waals surface area (Å²) in [5.41, 5.74) is 2.90. The molecule has 0 unspecified atom stereocenters. The van der Waals surface area contributed by atoms with Gasteiger partial charge in [-0.2, -0.15) is 5.10 Å². The van der Waals surface area contributed by atoms with E-state index < -0.39 is 15.8 Å². The lowest BCUT2D eigenvalue weighted by Crippen LogP contribution is -2.13. The van der Waals surface area contributed by atoms with E-state index in [9.17, 15) is 12.8 Å². The number of hydrogen-bond donors (Lipinski definition) is 2. The predicted molar refractivity (Wildman–Crippen MR) is 116 cm³/mol. The van der Waals surface area contributed by atoms with E-state index in [-0.39, 0.29) is 4.90 Å². The fourth-order valence-electron chi connectivity index (χ4n) is 2.98. The van der Waals surface area contributed by atoms with Crippen LogP contribution in [0.15, 0.2) is 71.6 Å². The van der Waals surface area contributed by atoms with Gasteiger partial charge in [0.15, 0.2) is 11.6 Å². The quantitative estimate of drug-likeness (QED) is 0.472. The summed E-state index contributed by atoms with van der Waals surface area (Å²) in [6.45, 7) is 3.85. The van der Waals surface area contributed by atoms with Gasteiger partial charge < -0.3 is 5.32 Å². The van der Waals surface area contributed by atoms with Crippen LogP contribution in [0, 0.1) is 19.7 Å². The maximum absolute atomic E-state index is 13.3. The Morgan fingerprint density at radius 1 is 0.903 bits per heavy atom. The largest absolute Gasteiger partial charge is 0.339 e. The first-order chi connectivity index (χ1) is 14.8. The van der Waals surface area contributed by atoms with Crippen LogP contribution >= 0.6 is 0 Å². The molecule has 0 aliphatic carbocycles. The van der Waals surface area contributed by atoms with Gasteiger partial charge in [-0.25, -0.2) is 17.5 Å². The molecule has 8 nitrogen and oxygen atoms in total. The lowest BCUT2D eigenvalue weighted by atomic mass is 10.3. The minimum atomic E-state index is -3.88. The zero-order valence-electron chi connectivity index (χ0n) is 16.7. The molecule has 2 aromatic carbocycles. The second-order valence-electron chi connectivity index (χ2n) is 6.88. The van der Waals surface area contributed by atoms with Gasteiger partial charge in [0.2, 0.25) is 0 Å². The first-order valence-electron chi connectivity index (χ1n) is 9.33. The molecule has 0 fully saturated rings. The summed E-state index contributed by atoms with van der Waals surface area (Å²) >= 11 is 0. The first kappa shape index (κ1) is 20.5. The predicted octanol–water partition coefficient (Wildman–Crippen LogP) is 3.96. The molecule has 0 amide bonds. The Morgan fingerprint density at radius 3 is 2.26 bits per heavy atom. The second kappa shape index (κ2) is 8.15. The number of sulfonamides is 1. The fourth-order valence-corrected chi connectivity index (χ4v) is 4.07. The number of aromatic nitrogens is 4. The van der Waals surface area contributed by atoms with Crippen LogP contribution in [0.5, 0.6) is 0 Å². The minimum absolute atomic E-state index is 0.146. The molecule has 0 radical (unpaired) electrons. The number of halogens is 1. The summed E-state index contributed by atoms with van der Waals surface area (Å²) < 4.78 is 42.2. The van der Waals surface area contributed by atoms with E-state index in [1.807, 2.05) is 19.9 Å². The van der Waals surface area contributed by atoms with Crippen LogP contribution in [-0.2, 0) is 10.0 Å². The van der Waals surface area contributed by atoms with Crippen molar-refractivity contribution in [3.63, 3.8) is 0 Å². The standard InChI is InChI=1S/C21H19FN6O2S/c1-14-12-15(2)28(26-14)21-11-10-20(24-25-21)23-17-6-8-18(9-7-17)27-31(29,30)19-5-3-4-16(22)13-19/h3-13,27H,1-2H3,(H,23,24). The maximum atomic E-state index is 13.3. The normalized spacial score (nSPS) is 11.3. The van der Waals surface area contributed by atoms with E-state index in [0.29, 0.717) is 23.0 Å². The Labute approximate surface area is 178 Å². The average Bonchev–Trinajstić information content (AvgIpc) is 3.08. The molecule has 2 heterocycles. The van der Waals surface area contributed by atoms with Crippen molar-refractivity contribution in [2.75, 3.05) is 10.0 Å². The van der Waals surface area contributed by atoms with Crippen LogP contribution in [0.1, 0.15) is 11.4 Å². The van der Waals surface area contributed by atoms with Crippen LogP contribution in [0.4, 0.5) is 21.6 Å². The highest BCUT2D eigenvalue weighted by molar-refractivity contribution is 7.92. The molecular formula is C21H19FN6O2S. The number of nitrogens with zero attached hydrogens (tertiary/aromatic N) is 4. The van der Waals surface area contributed by atoms with Crippen molar-refractivity contribution >= 4 is 27.2 Å². The number of rotatable bonds is 6. The molecule has 0 aliphatic heterocycles. The molecule has 2 N–H and O–H groups in total. The third-order valence-corrected chi connectivity index (χ3v) is 5.77. The molecule has 10 heteroatoms. The molecule has 4 aromatic rings. The Kier molecular flexibility index (Phi) is 5.38. The van der Waals surface area contributed by atoms with E-state index >= 15 is 0 Å². The molecule has 0 aliphatic rings. The molecule has 158 valence electrons. The number of nitrogens with one attached hydrogen (secondary N) is 2. The fraction of sp³-hybridized carbons (Fsp3) is 0.0952. The number of hydrogen-bond acceptors (Lipinski definition) is 6. The monoisotopic (exact) mass is 438 g/mol. The van der Waals surface area contributed by atoms with Crippen LogP contribution in [0.25, 0.3) is 5.82 Å². The third-order valence-electron chi connectivity index (χ3n) is 4.39. The van der Waals surface area contributed by atoms with Gasteiger partial charge in [-0.05, 0) is 74.5 Å². The Hall–Kier alpha value is -3.79. The van der Waals surface area contributed by atoms with Crippen LogP contribution in [0.2, 0.25) is 0 Å². The highest BCUT2D eigenvalue weighted by Crippen LogP contribution is 2.21. The lowest BCUT2D eigenvalue weighted by molar-refractivity contribution is 0.595. The summed E-state index contributed by atoms with van der Waals surface area (Å²) in [7, 11) is -3.88. The van der Waals surface area contributed by atoms with E-state index in [4.69, 9.17) is 0 Å². The van der Waals surface area contributed by atoms with Gasteiger partial charge in [0.05, 0.1) is 10.6 Å². The molecule has 0 bridgehead atoms. The van der Waals surface area contributed by atoms with Crippen molar-refractivity contribution in [3.8, 4) is 5.82 Å². The second-order valence-corrected chi connectivity index (χ2v) is 8.56. The molecule has 0 atom stereocenters. The van der Waals surface area contributed by atoms with E-state index in [2.05, 4.69) is 25.3 Å². The Balaban J connectivity index is 1.44. The zero-order chi connectivity index (χ0) is 22.0. The van der Waals surface area contributed by atoms with Crippen molar-refractivity contribution in [2.45, 2.75) is 18.7 Å². The summed E-state index contributed by atoms with van der Waals surface area (Å²) in [5.74, 6) is 0.518. The maximum Gasteiger partial charge on any atom is 0.261 e. The Morgan fingerprint density at radius 2 is 1.65 bits per heavy atom. The van der Waals surface area contributed by atoms with Gasteiger partial charge >= 0.3 is 0 Å². The van der Waals surface area contributed by atoms with Crippen molar-refractivity contribution < 1.29 is 12.8 Å². The van der Waals surface area contributed by atoms with Crippen molar-refractivity contribution in [3.05, 3.63) is 83.9 Å². The van der Waals surface area contributed by atoms with Gasteiger partial charge in [-0.3, -0.25) is 4.72 Å². The van der Waals surface area contributed by atoms with Gasteiger partial charge in [-0.15, -0.1) is 10.2 Å². The topological polar surface area (TPSA) is 102 Å². The highest BCUT2D eigenvalue weighted by Gasteiger charge is 2.14. The van der Waals surface area contributed by atoms with Gasteiger partial charge in [0, 0.05) is 17.1 Å². The molecular weight excluding hydrogens is 419 g/mol. The van der Waals surface area contributed by atoms with Crippen LogP contribution in [0.3, 0.4) is 0 Å². The number of anilines is 3. The minimum Gasteiger partial charge on any atom is -0.339 e. The van der Waals surface area contributed by atoms with Crippen LogP contribution < -0.4 is 10.0 Å². The van der Waals surface area contributed by atoms with Gasteiger partial charge in [0.1, 0.15) is 5.82 Å². The third kappa shape index (κ3) is 4.69. The lowest BCUT2D eigenvalue weighted by Gasteiger charge is -2.10. The summed E-state index contributed by atoms with van der Waals surface area (Å²) in [6.07, 6.45) is 0. The Bertz CT molecular complexity index is 1320. The summed E-state index contributed by atoms with van der Waals surface area (Å²) in [4.78, 5) is -0.146. The van der Waals surface area contributed by atoms with Crippen LogP contribution in [-0.4, -0.2) is 28.4 Å². The zero-order valence-corrected chi connectivity index (χ0v) is 17.6. The van der Waals surface area contributed by atoms with Crippen molar-refractivity contribution in [2.24, 2.45) is 0 Å². The van der Waals surface area contributed by atoms with E-state index in [0.717, 1.165) is 17.5 Å². The molecule has 0 saturated heterocycles. The number of benzene rings is 2. The van der Waals surface area contributed by atoms with Gasteiger partial charge in [0.25, 0.3) is 10.0 Å². The van der Waals surface area contributed by atoms with E-state index in [1.165, 1.54) is 18.2 Å². The molecule has 4 rings (SSSR count). The van der Waals surface area contributed by atoms with E-state index in [1.54, 1.807) is 41.1 Å². The van der Waals surface area contributed by atoms with Gasteiger partial charge in [-0.1, -0.05) is 6.07 Å². The smallest absolute Gasteiger partial charge is 0.261 e. The number of aryl methyl sites for hydroxylation is 2. The molecule has 2 aromatic heterocycles. The molecule has 0 saturated carbocycles. The average molecular weight is 438 g/mol. The SMILES string of the molecule is Cc1cc(C)n(-c2ccc(Nc3ccc(NS(=O)(=O)c4cccc(F)c4)cc3)nn2)n1. The first-order valence-corrected chi connectivity index (χ1v) is 10.8. The molecule has 31 heavy (non-hydrogen) atoms. The van der Waals surface area contributed by atoms with Crippen molar-refractivity contribution in [1.82, 2.24) is 20.0 Å². The highest BCUT2D eigenvalue weighted by atomic mass is 32.2.